The van der Waals surface area contributed by atoms with Crippen LogP contribution >= 0.6 is 0 Å². The maximum Gasteiger partial charge on any atom is 0.308 e. The van der Waals surface area contributed by atoms with Gasteiger partial charge in [0.15, 0.2) is 5.79 Å². The summed E-state index contributed by atoms with van der Waals surface area (Å²) in [6.07, 6.45) is 2.38. The zero-order valence-corrected chi connectivity index (χ0v) is 32.2. The summed E-state index contributed by atoms with van der Waals surface area (Å²) >= 11 is 0. The van der Waals surface area contributed by atoms with Gasteiger partial charge < -0.3 is 57.6 Å². The van der Waals surface area contributed by atoms with Crippen LogP contribution in [0.15, 0.2) is 24.3 Å². The molecule has 11 saturated heterocycles. The van der Waals surface area contributed by atoms with Crippen LogP contribution in [0.25, 0.3) is 0 Å². The van der Waals surface area contributed by atoms with Gasteiger partial charge in [0.05, 0.1) is 79.7 Å². The number of ether oxygens (including phenoxy) is 10. The SMILES string of the molecule is C=C1CC2CC[C@@]34CC5O[C@H]6[C@@H](O3)[C@H]3O[C@H](CC[C@@H]3O[C@H]6[C@H]5O4)CC(=O)O[C@@H]3[C@@H](C)[C@@H]4OC(CCO)[C@H](O)C[C@@H]4O[C@H]3C[C@H]3O[C@@H](CCC1O2)C[C@@H](C)C3=C. The highest BCUT2D eigenvalue weighted by atomic mass is 16.8. The molecule has 13 nitrogen and oxygen atoms in total. The van der Waals surface area contributed by atoms with Crippen LogP contribution in [0, 0.1) is 11.8 Å². The topological polar surface area (TPSA) is 150 Å². The van der Waals surface area contributed by atoms with Crippen LogP contribution in [0.1, 0.15) is 97.3 Å². The summed E-state index contributed by atoms with van der Waals surface area (Å²) < 4.78 is 66.9. The molecule has 306 valence electrons. The van der Waals surface area contributed by atoms with Crippen LogP contribution in [0.2, 0.25) is 0 Å². The van der Waals surface area contributed by atoms with Crippen molar-refractivity contribution in [2.45, 2.75) is 213 Å². The lowest BCUT2D eigenvalue weighted by Gasteiger charge is -2.51. The summed E-state index contributed by atoms with van der Waals surface area (Å²) in [6, 6.07) is 0. The number of carbonyl (C=O) groups excluding carboxylic acids is 1. The average Bonchev–Trinajstić information content (AvgIpc) is 3.74. The molecule has 21 atom stereocenters. The molecule has 4 unspecified atom stereocenters. The molecule has 0 aromatic rings. The van der Waals surface area contributed by atoms with E-state index in [1.807, 2.05) is 6.92 Å². The van der Waals surface area contributed by atoms with E-state index < -0.39 is 48.5 Å². The van der Waals surface area contributed by atoms with Gasteiger partial charge in [0.2, 0.25) is 0 Å². The Labute approximate surface area is 323 Å². The molecule has 11 heterocycles. The number of hydrogen-bond donors (Lipinski definition) is 2. The maximum atomic E-state index is 14.0. The van der Waals surface area contributed by atoms with Crippen LogP contribution in [0.3, 0.4) is 0 Å². The number of aliphatic hydroxyl groups excluding tert-OH is 2. The molecule has 0 aliphatic carbocycles. The van der Waals surface area contributed by atoms with Gasteiger partial charge in [0.1, 0.15) is 36.6 Å². The number of carbonyl (C=O) groups is 1. The van der Waals surface area contributed by atoms with E-state index in [1.165, 1.54) is 0 Å². The van der Waals surface area contributed by atoms with E-state index >= 15 is 0 Å². The fourth-order valence-corrected chi connectivity index (χ4v) is 11.9. The third-order valence-electron chi connectivity index (χ3n) is 14.8. The summed E-state index contributed by atoms with van der Waals surface area (Å²) in [6.45, 7) is 13.1. The highest BCUT2D eigenvalue weighted by Gasteiger charge is 2.69. The third-order valence-corrected chi connectivity index (χ3v) is 14.8. The summed E-state index contributed by atoms with van der Waals surface area (Å²) in [7, 11) is 0. The standard InChI is InChI=1S/C42H60O13/c1-19-13-23-5-7-27-20(2)14-25(46-27)9-11-42-18-33-38(54-42)39-40(52-33)41(55-42)37-29(51-39)8-6-24(48-37)15-34(45)53-36-22(4)35-31(16-26(44)28(50-35)10-12-43)49-32(36)17-30(47-23)21(19)3/h19,22-33,35-41,43-44H,2-3,5-18H2,1,4H3/t19-,22+,23+,24-,25?,26-,27?,28?,29+,30-,31+,32+,33?,35+,36-,37+,38+,39+,40-,41+,42+/m1/s1. The van der Waals surface area contributed by atoms with E-state index in [0.717, 1.165) is 49.7 Å². The molecule has 11 aliphatic rings. The smallest absolute Gasteiger partial charge is 0.308 e. The number of fused-ring (bicyclic) bond motifs is 7. The van der Waals surface area contributed by atoms with Crippen LogP contribution in [-0.4, -0.2) is 138 Å². The monoisotopic (exact) mass is 772 g/mol. The summed E-state index contributed by atoms with van der Waals surface area (Å²) in [5.41, 5.74) is 2.14. The Morgan fingerprint density at radius 1 is 0.673 bits per heavy atom. The predicted molar refractivity (Wildman–Crippen MR) is 193 cm³/mol. The summed E-state index contributed by atoms with van der Waals surface area (Å²) in [5, 5.41) is 20.6. The van der Waals surface area contributed by atoms with E-state index in [1.54, 1.807) is 0 Å². The van der Waals surface area contributed by atoms with Gasteiger partial charge in [-0.2, -0.15) is 0 Å². The van der Waals surface area contributed by atoms with E-state index in [-0.39, 0.29) is 98.0 Å². The van der Waals surface area contributed by atoms with Crippen molar-refractivity contribution in [2.75, 3.05) is 6.61 Å². The zero-order chi connectivity index (χ0) is 37.7. The first-order valence-electron chi connectivity index (χ1n) is 21.3. The van der Waals surface area contributed by atoms with Crippen LogP contribution in [0.5, 0.6) is 0 Å². The molecule has 11 rings (SSSR count). The number of aliphatic hydroxyl groups is 2. The predicted octanol–water partition coefficient (Wildman–Crippen LogP) is 3.59. The van der Waals surface area contributed by atoms with E-state index in [2.05, 4.69) is 20.1 Å². The van der Waals surface area contributed by atoms with Crippen LogP contribution in [0.4, 0.5) is 0 Å². The van der Waals surface area contributed by atoms with Crippen molar-refractivity contribution in [3.63, 3.8) is 0 Å². The van der Waals surface area contributed by atoms with Crippen molar-refractivity contribution < 1.29 is 62.4 Å². The largest absolute Gasteiger partial charge is 0.459 e. The molecule has 12 bridgehead atoms. The van der Waals surface area contributed by atoms with Crippen LogP contribution < -0.4 is 0 Å². The molecule has 1 spiro atoms. The lowest BCUT2D eigenvalue weighted by molar-refractivity contribution is -0.293. The average molecular weight is 773 g/mol. The van der Waals surface area contributed by atoms with Gasteiger partial charge in [-0.3, -0.25) is 4.79 Å². The van der Waals surface area contributed by atoms with Crippen molar-refractivity contribution in [3.8, 4) is 0 Å². The highest BCUT2D eigenvalue weighted by molar-refractivity contribution is 5.70. The fraction of sp³-hybridized carbons (Fsp3) is 0.881. The number of hydrogen-bond acceptors (Lipinski definition) is 13. The quantitative estimate of drug-likeness (QED) is 0.312. The van der Waals surface area contributed by atoms with Crippen LogP contribution in [-0.2, 0) is 52.2 Å². The molecular weight excluding hydrogens is 712 g/mol. The van der Waals surface area contributed by atoms with Crippen molar-refractivity contribution in [1.82, 2.24) is 0 Å². The first kappa shape index (κ1) is 37.8. The van der Waals surface area contributed by atoms with Crippen molar-refractivity contribution in [2.24, 2.45) is 11.8 Å². The zero-order valence-electron chi connectivity index (χ0n) is 32.2. The first-order chi connectivity index (χ1) is 26.5. The molecule has 2 N–H and O–H groups in total. The number of esters is 1. The summed E-state index contributed by atoms with van der Waals surface area (Å²) in [5.74, 6) is -1.18. The lowest BCUT2D eigenvalue weighted by Crippen LogP contribution is -2.62. The van der Waals surface area contributed by atoms with E-state index in [9.17, 15) is 15.0 Å². The molecule has 11 aliphatic heterocycles. The molecule has 0 aromatic heterocycles. The van der Waals surface area contributed by atoms with Crippen molar-refractivity contribution in [1.29, 1.82) is 0 Å². The molecule has 11 fully saturated rings. The van der Waals surface area contributed by atoms with E-state index in [0.29, 0.717) is 38.5 Å². The molecule has 55 heavy (non-hydrogen) atoms. The van der Waals surface area contributed by atoms with Crippen molar-refractivity contribution >= 4 is 5.97 Å². The second-order valence-corrected chi connectivity index (χ2v) is 18.5. The van der Waals surface area contributed by atoms with Gasteiger partial charge in [-0.25, -0.2) is 0 Å². The normalized spacial score (nSPS) is 54.9. The molecule has 0 amide bonds. The summed E-state index contributed by atoms with van der Waals surface area (Å²) in [4.78, 5) is 14.0. The van der Waals surface area contributed by atoms with Gasteiger partial charge in [0, 0.05) is 38.2 Å². The maximum absolute atomic E-state index is 14.0. The Bertz CT molecular complexity index is 1490. The Kier molecular flexibility index (Phi) is 10.1. The second kappa shape index (κ2) is 14.7. The fourth-order valence-electron chi connectivity index (χ4n) is 11.9. The van der Waals surface area contributed by atoms with Gasteiger partial charge in [-0.05, 0) is 68.4 Å². The minimum Gasteiger partial charge on any atom is -0.459 e. The molecule has 0 radical (unpaired) electrons. The minimum atomic E-state index is -0.808. The second-order valence-electron chi connectivity index (χ2n) is 18.5. The Balaban J connectivity index is 0.934. The Morgan fingerprint density at radius 3 is 2.27 bits per heavy atom. The molecular formula is C42H60O13. The first-order valence-corrected chi connectivity index (χ1v) is 21.3. The van der Waals surface area contributed by atoms with E-state index in [4.69, 9.17) is 47.4 Å². The highest BCUT2D eigenvalue weighted by Crippen LogP contribution is 2.54. The van der Waals surface area contributed by atoms with Gasteiger partial charge in [-0.1, -0.05) is 27.0 Å². The van der Waals surface area contributed by atoms with Gasteiger partial charge in [0.25, 0.3) is 0 Å². The van der Waals surface area contributed by atoms with Gasteiger partial charge in [-0.15, -0.1) is 0 Å². The lowest BCUT2D eigenvalue weighted by atomic mass is 9.79. The minimum absolute atomic E-state index is 0.00281. The third kappa shape index (κ3) is 6.79. The Hall–Kier alpha value is -1.49. The Morgan fingerprint density at radius 2 is 1.42 bits per heavy atom. The molecule has 13 heteroatoms. The number of rotatable bonds is 2. The molecule has 0 saturated carbocycles. The molecule has 0 aromatic carbocycles. The van der Waals surface area contributed by atoms with Crippen molar-refractivity contribution in [3.05, 3.63) is 24.3 Å². The van der Waals surface area contributed by atoms with Gasteiger partial charge >= 0.3 is 5.97 Å².